The number of rotatable bonds is 5. The van der Waals surface area contributed by atoms with E-state index in [1.165, 1.54) is 12.5 Å². The Morgan fingerprint density at radius 2 is 1.78 bits per heavy atom. The van der Waals surface area contributed by atoms with Gasteiger partial charge in [0.25, 0.3) is 5.91 Å². The normalized spacial score (nSPS) is 16.7. The maximum absolute atomic E-state index is 13.3. The van der Waals surface area contributed by atoms with Gasteiger partial charge in [-0.1, -0.05) is 48.5 Å². The molecule has 0 unspecified atom stereocenters. The van der Waals surface area contributed by atoms with E-state index >= 15 is 0 Å². The number of fused-ring (bicyclic) bond motifs is 1. The zero-order valence-electron chi connectivity index (χ0n) is 18.1. The molecule has 1 aliphatic rings. The Morgan fingerprint density at radius 1 is 1.06 bits per heavy atom. The second-order valence-corrected chi connectivity index (χ2v) is 8.63. The fourth-order valence-electron chi connectivity index (χ4n) is 4.46. The van der Waals surface area contributed by atoms with Crippen molar-refractivity contribution in [2.75, 3.05) is 13.1 Å². The van der Waals surface area contributed by atoms with Crippen LogP contribution in [0.2, 0.25) is 0 Å². The van der Waals surface area contributed by atoms with Gasteiger partial charge in [0.1, 0.15) is 0 Å². The van der Waals surface area contributed by atoms with Crippen LogP contribution in [0, 0.1) is 0 Å². The number of likely N-dealkylation sites (tertiary alicyclic amines) is 1. The van der Waals surface area contributed by atoms with Gasteiger partial charge < -0.3 is 20.8 Å². The van der Waals surface area contributed by atoms with Gasteiger partial charge in [0.05, 0.1) is 0 Å². The number of hydrogen-bond donors (Lipinski definition) is 3. The van der Waals surface area contributed by atoms with Crippen molar-refractivity contribution in [3.63, 3.8) is 0 Å². The highest BCUT2D eigenvalue weighted by atomic mass is 16.4. The lowest BCUT2D eigenvalue weighted by molar-refractivity contribution is -0.157. The van der Waals surface area contributed by atoms with Crippen molar-refractivity contribution in [2.45, 2.75) is 37.8 Å². The summed E-state index contributed by atoms with van der Waals surface area (Å²) in [5.74, 6) is -0.926. The number of amides is 1. The van der Waals surface area contributed by atoms with Crippen LogP contribution in [0.5, 0.6) is 0 Å². The van der Waals surface area contributed by atoms with Crippen LogP contribution in [-0.2, 0) is 16.9 Å². The number of carboxylic acid groups (broad SMARTS) is 1. The minimum atomic E-state index is -1.99. The van der Waals surface area contributed by atoms with Gasteiger partial charge in [-0.05, 0) is 65.3 Å². The summed E-state index contributed by atoms with van der Waals surface area (Å²) in [6, 6.07) is 18.7. The summed E-state index contributed by atoms with van der Waals surface area (Å²) >= 11 is 0. The van der Waals surface area contributed by atoms with Crippen molar-refractivity contribution < 1.29 is 19.8 Å². The van der Waals surface area contributed by atoms with E-state index in [1.807, 2.05) is 23.1 Å². The number of carbonyl (C=O) groups is 2. The van der Waals surface area contributed by atoms with Gasteiger partial charge in [-0.2, -0.15) is 0 Å². The first-order chi connectivity index (χ1) is 15.3. The standard InChI is InChI=1S/C26H28N2O4/c1-26(32,25(30)31)21-8-9-22-20(15-21)6-3-7-23(22)24(29)28-12-10-18(11-13-28)19-5-2-4-17(14-19)16-27/h2-9,14-15,18,32H,10-13,16,27H2,1H3,(H,30,31)/t26-/m0/s1. The van der Waals surface area contributed by atoms with Crippen molar-refractivity contribution in [3.05, 3.63) is 82.9 Å². The molecular formula is C26H28N2O4. The Kier molecular flexibility index (Phi) is 6.00. The number of aliphatic carboxylic acids is 1. The zero-order valence-corrected chi connectivity index (χ0v) is 18.1. The Hall–Kier alpha value is -3.22. The van der Waals surface area contributed by atoms with E-state index < -0.39 is 11.6 Å². The summed E-state index contributed by atoms with van der Waals surface area (Å²) in [7, 11) is 0. The largest absolute Gasteiger partial charge is 0.479 e. The molecule has 1 heterocycles. The van der Waals surface area contributed by atoms with Crippen LogP contribution in [0.3, 0.4) is 0 Å². The van der Waals surface area contributed by atoms with Crippen molar-refractivity contribution in [1.82, 2.24) is 4.90 Å². The molecule has 1 aliphatic heterocycles. The number of hydrogen-bond acceptors (Lipinski definition) is 4. The summed E-state index contributed by atoms with van der Waals surface area (Å²) < 4.78 is 0. The van der Waals surface area contributed by atoms with Gasteiger partial charge in [-0.3, -0.25) is 4.79 Å². The van der Waals surface area contributed by atoms with E-state index in [2.05, 4.69) is 12.1 Å². The van der Waals surface area contributed by atoms with Crippen molar-refractivity contribution in [2.24, 2.45) is 5.73 Å². The Bertz CT molecular complexity index is 1160. The minimum absolute atomic E-state index is 0.0255. The molecule has 6 nitrogen and oxygen atoms in total. The number of carboxylic acids is 1. The molecule has 0 spiro atoms. The maximum Gasteiger partial charge on any atom is 0.340 e. The molecule has 0 bridgehead atoms. The predicted molar refractivity (Wildman–Crippen MR) is 123 cm³/mol. The highest BCUT2D eigenvalue weighted by molar-refractivity contribution is 6.07. The molecule has 6 heteroatoms. The predicted octanol–water partition coefficient (Wildman–Crippen LogP) is 3.61. The first kappa shape index (κ1) is 22.0. The summed E-state index contributed by atoms with van der Waals surface area (Å²) in [6.07, 6.45) is 1.80. The minimum Gasteiger partial charge on any atom is -0.479 e. The van der Waals surface area contributed by atoms with Crippen molar-refractivity contribution >= 4 is 22.6 Å². The number of piperidine rings is 1. The van der Waals surface area contributed by atoms with Gasteiger partial charge >= 0.3 is 5.97 Å². The molecule has 0 aromatic heterocycles. The molecule has 3 aromatic rings. The van der Waals surface area contributed by atoms with Crippen LogP contribution < -0.4 is 5.73 Å². The molecule has 3 aromatic carbocycles. The van der Waals surface area contributed by atoms with Crippen LogP contribution in [-0.4, -0.2) is 40.1 Å². The number of nitrogens with zero attached hydrogens (tertiary/aromatic N) is 1. The van der Waals surface area contributed by atoms with E-state index in [-0.39, 0.29) is 11.5 Å². The molecular weight excluding hydrogens is 404 g/mol. The van der Waals surface area contributed by atoms with Gasteiger partial charge in [-0.15, -0.1) is 0 Å². The topological polar surface area (TPSA) is 104 Å². The van der Waals surface area contributed by atoms with E-state index in [4.69, 9.17) is 5.73 Å². The van der Waals surface area contributed by atoms with Crippen LogP contribution in [0.4, 0.5) is 0 Å². The van der Waals surface area contributed by atoms with Crippen LogP contribution in [0.1, 0.15) is 52.7 Å². The summed E-state index contributed by atoms with van der Waals surface area (Å²) in [5, 5.41) is 21.0. The number of aliphatic hydroxyl groups is 1. The lowest BCUT2D eigenvalue weighted by atomic mass is 9.88. The second-order valence-electron chi connectivity index (χ2n) is 8.63. The third-order valence-corrected chi connectivity index (χ3v) is 6.53. The van der Waals surface area contributed by atoms with Crippen LogP contribution >= 0.6 is 0 Å². The first-order valence-electron chi connectivity index (χ1n) is 10.9. The fraction of sp³-hybridized carbons (Fsp3) is 0.308. The smallest absolute Gasteiger partial charge is 0.340 e. The van der Waals surface area contributed by atoms with E-state index in [9.17, 15) is 19.8 Å². The Labute approximate surface area is 187 Å². The molecule has 0 radical (unpaired) electrons. The van der Waals surface area contributed by atoms with E-state index in [0.717, 1.165) is 29.2 Å². The fourth-order valence-corrected chi connectivity index (χ4v) is 4.46. The molecule has 4 rings (SSSR count). The molecule has 1 atom stereocenters. The second kappa shape index (κ2) is 8.73. The van der Waals surface area contributed by atoms with Gasteiger partial charge in [0, 0.05) is 25.2 Å². The summed E-state index contributed by atoms with van der Waals surface area (Å²) in [4.78, 5) is 26.6. The Morgan fingerprint density at radius 3 is 2.47 bits per heavy atom. The molecule has 0 saturated carbocycles. The van der Waals surface area contributed by atoms with Crippen LogP contribution in [0.25, 0.3) is 10.8 Å². The average molecular weight is 433 g/mol. The summed E-state index contributed by atoms with van der Waals surface area (Å²) in [5.41, 5.74) is 7.06. The number of benzene rings is 3. The maximum atomic E-state index is 13.3. The molecule has 4 N–H and O–H groups in total. The van der Waals surface area contributed by atoms with Gasteiger partial charge in [0.15, 0.2) is 5.60 Å². The molecule has 1 amide bonds. The average Bonchev–Trinajstić information content (AvgIpc) is 2.82. The quantitative estimate of drug-likeness (QED) is 0.571. The Balaban J connectivity index is 1.53. The SMILES string of the molecule is C[C@@](O)(C(=O)O)c1ccc2c(C(=O)N3CCC(c4cccc(CN)c4)CC3)cccc2c1. The third-order valence-electron chi connectivity index (χ3n) is 6.53. The van der Waals surface area contributed by atoms with Crippen molar-refractivity contribution in [1.29, 1.82) is 0 Å². The number of carbonyl (C=O) groups excluding carboxylic acids is 1. The highest BCUT2D eigenvalue weighted by Crippen LogP contribution is 2.31. The number of nitrogens with two attached hydrogens (primary N) is 1. The van der Waals surface area contributed by atoms with Crippen LogP contribution in [0.15, 0.2) is 60.7 Å². The van der Waals surface area contributed by atoms with Gasteiger partial charge in [0.2, 0.25) is 0 Å². The molecule has 32 heavy (non-hydrogen) atoms. The lowest BCUT2D eigenvalue weighted by Crippen LogP contribution is -2.38. The molecule has 166 valence electrons. The summed E-state index contributed by atoms with van der Waals surface area (Å²) in [6.45, 7) is 3.13. The third kappa shape index (κ3) is 4.11. The highest BCUT2D eigenvalue weighted by Gasteiger charge is 2.32. The zero-order chi connectivity index (χ0) is 22.9. The molecule has 1 saturated heterocycles. The first-order valence-corrected chi connectivity index (χ1v) is 10.9. The molecule has 0 aliphatic carbocycles. The molecule has 1 fully saturated rings. The van der Waals surface area contributed by atoms with Crippen molar-refractivity contribution in [3.8, 4) is 0 Å². The lowest BCUT2D eigenvalue weighted by Gasteiger charge is -2.32. The van der Waals surface area contributed by atoms with E-state index in [1.54, 1.807) is 30.3 Å². The monoisotopic (exact) mass is 432 g/mol. The van der Waals surface area contributed by atoms with E-state index in [0.29, 0.717) is 31.1 Å². The van der Waals surface area contributed by atoms with Gasteiger partial charge in [-0.25, -0.2) is 4.79 Å².